The molecule has 27 heavy (non-hydrogen) atoms. The van der Waals surface area contributed by atoms with Gasteiger partial charge in [-0.2, -0.15) is 0 Å². The van der Waals surface area contributed by atoms with Crippen LogP contribution >= 0.6 is 11.3 Å². The van der Waals surface area contributed by atoms with E-state index in [-0.39, 0.29) is 5.82 Å². The lowest BCUT2D eigenvalue weighted by atomic mass is 10.0. The summed E-state index contributed by atoms with van der Waals surface area (Å²) in [6, 6.07) is 12.7. The zero-order chi connectivity index (χ0) is 18.5. The van der Waals surface area contributed by atoms with E-state index in [2.05, 4.69) is 52.6 Å². The second kappa shape index (κ2) is 5.96. The van der Waals surface area contributed by atoms with Crippen molar-refractivity contribution < 1.29 is 4.39 Å². The van der Waals surface area contributed by atoms with Gasteiger partial charge in [-0.1, -0.05) is 18.2 Å². The second-order valence-corrected chi connectivity index (χ2v) is 7.46. The van der Waals surface area contributed by atoms with E-state index in [1.807, 2.05) is 4.40 Å². The van der Waals surface area contributed by atoms with Crippen molar-refractivity contribution in [2.45, 2.75) is 13.8 Å². The molecule has 0 atom stereocenters. The van der Waals surface area contributed by atoms with Gasteiger partial charge in [-0.3, -0.25) is 4.40 Å². The number of hydrogen-bond donors (Lipinski definition) is 0. The van der Waals surface area contributed by atoms with Gasteiger partial charge in [-0.05, 0) is 54.8 Å². The summed E-state index contributed by atoms with van der Waals surface area (Å²) >= 11 is 1.60. The maximum atomic E-state index is 13.3. The Labute approximate surface area is 159 Å². The first kappa shape index (κ1) is 16.1. The molecule has 0 spiro atoms. The topological polar surface area (TPSA) is 43.1 Å². The van der Waals surface area contributed by atoms with Crippen LogP contribution in [0.1, 0.15) is 11.1 Å². The fraction of sp³-hybridized carbons (Fsp3) is 0.0952. The third kappa shape index (κ3) is 2.52. The van der Waals surface area contributed by atoms with Crippen LogP contribution in [0.3, 0.4) is 0 Å². The molecule has 0 bridgehead atoms. The first-order valence-corrected chi connectivity index (χ1v) is 9.44. The quantitative estimate of drug-likeness (QED) is 0.414. The number of benzene rings is 2. The van der Waals surface area contributed by atoms with Crippen LogP contribution in [-0.4, -0.2) is 19.6 Å². The van der Waals surface area contributed by atoms with Crippen LogP contribution < -0.4 is 0 Å². The minimum atomic E-state index is -0.275. The van der Waals surface area contributed by atoms with Crippen LogP contribution in [0.15, 0.2) is 54.2 Å². The molecular weight excluding hydrogens is 359 g/mol. The Balaban J connectivity index is 1.76. The van der Waals surface area contributed by atoms with E-state index in [1.165, 1.54) is 23.3 Å². The van der Waals surface area contributed by atoms with Gasteiger partial charge >= 0.3 is 0 Å². The smallest absolute Gasteiger partial charge is 0.173 e. The second-order valence-electron chi connectivity index (χ2n) is 6.60. The Morgan fingerprint density at radius 2 is 1.70 bits per heavy atom. The normalized spacial score (nSPS) is 11.5. The lowest BCUT2D eigenvalue weighted by molar-refractivity contribution is 0.628. The molecule has 132 valence electrons. The summed E-state index contributed by atoms with van der Waals surface area (Å²) in [5.74, 6) is 0.375. The molecule has 3 aromatic heterocycles. The maximum Gasteiger partial charge on any atom is 0.173 e. The van der Waals surface area contributed by atoms with Crippen molar-refractivity contribution in [1.29, 1.82) is 0 Å². The number of aryl methyl sites for hydroxylation is 2. The largest absolute Gasteiger partial charge is 0.265 e. The van der Waals surface area contributed by atoms with Gasteiger partial charge in [0.25, 0.3) is 0 Å². The van der Waals surface area contributed by atoms with Gasteiger partial charge in [0.1, 0.15) is 17.0 Å². The van der Waals surface area contributed by atoms with Crippen molar-refractivity contribution in [2.24, 2.45) is 0 Å². The fourth-order valence-corrected chi connectivity index (χ4v) is 4.17. The number of halogens is 1. The number of thiophene rings is 1. The van der Waals surface area contributed by atoms with Crippen LogP contribution in [0.2, 0.25) is 0 Å². The zero-order valence-electron chi connectivity index (χ0n) is 14.8. The summed E-state index contributed by atoms with van der Waals surface area (Å²) in [5, 5.41) is 11.9. The summed E-state index contributed by atoms with van der Waals surface area (Å²) in [5.41, 5.74) is 6.32. The van der Waals surface area contributed by atoms with Gasteiger partial charge in [-0.25, -0.2) is 9.37 Å². The Kier molecular flexibility index (Phi) is 3.55. The Morgan fingerprint density at radius 3 is 2.48 bits per heavy atom. The average Bonchev–Trinajstić information content (AvgIpc) is 3.28. The predicted molar refractivity (Wildman–Crippen MR) is 106 cm³/mol. The molecule has 6 heteroatoms. The van der Waals surface area contributed by atoms with E-state index < -0.39 is 0 Å². The molecule has 4 nitrogen and oxygen atoms in total. The van der Waals surface area contributed by atoms with E-state index >= 15 is 0 Å². The molecule has 0 saturated heterocycles. The van der Waals surface area contributed by atoms with Crippen molar-refractivity contribution in [1.82, 2.24) is 19.6 Å². The molecule has 0 unspecified atom stereocenters. The Hall–Kier alpha value is -3.12. The van der Waals surface area contributed by atoms with Crippen molar-refractivity contribution in [3.8, 4) is 22.5 Å². The van der Waals surface area contributed by atoms with E-state index in [0.717, 1.165) is 32.6 Å². The monoisotopic (exact) mass is 374 g/mol. The summed E-state index contributed by atoms with van der Waals surface area (Å²) < 4.78 is 15.1. The van der Waals surface area contributed by atoms with Gasteiger partial charge < -0.3 is 0 Å². The molecular formula is C21H15FN4S. The molecule has 0 radical (unpaired) electrons. The van der Waals surface area contributed by atoms with Crippen molar-refractivity contribution >= 4 is 27.2 Å². The summed E-state index contributed by atoms with van der Waals surface area (Å²) in [6.07, 6.45) is 1.73. The van der Waals surface area contributed by atoms with E-state index in [9.17, 15) is 4.39 Å². The molecule has 2 aromatic carbocycles. The number of rotatable bonds is 2. The standard InChI is InChI=1S/C21H15FN4S/c1-12-3-4-15(9-13(12)2)17-10-27-21-18(17)20-25-24-19(26(20)11-23-21)14-5-7-16(22)8-6-14/h3-11H,1-2H3. The number of fused-ring (bicyclic) bond motifs is 3. The van der Waals surface area contributed by atoms with E-state index in [1.54, 1.807) is 29.8 Å². The zero-order valence-corrected chi connectivity index (χ0v) is 15.6. The first-order valence-electron chi connectivity index (χ1n) is 8.56. The maximum absolute atomic E-state index is 13.3. The number of hydrogen-bond acceptors (Lipinski definition) is 4. The lowest BCUT2D eigenvalue weighted by Gasteiger charge is -2.05. The van der Waals surface area contributed by atoms with Crippen LogP contribution in [0.25, 0.3) is 38.4 Å². The Morgan fingerprint density at radius 1 is 0.926 bits per heavy atom. The van der Waals surface area contributed by atoms with Crippen LogP contribution in [0, 0.1) is 19.7 Å². The lowest BCUT2D eigenvalue weighted by Crippen LogP contribution is -1.92. The van der Waals surface area contributed by atoms with Gasteiger partial charge in [0.05, 0.1) is 5.39 Å². The molecule has 0 N–H and O–H groups in total. The minimum Gasteiger partial charge on any atom is -0.265 e. The third-order valence-electron chi connectivity index (χ3n) is 4.90. The molecule has 0 aliphatic rings. The molecule has 0 saturated carbocycles. The average molecular weight is 374 g/mol. The van der Waals surface area contributed by atoms with Crippen molar-refractivity contribution in [3.63, 3.8) is 0 Å². The van der Waals surface area contributed by atoms with Crippen LogP contribution in [0.5, 0.6) is 0 Å². The molecule has 0 amide bonds. The highest BCUT2D eigenvalue weighted by atomic mass is 32.1. The van der Waals surface area contributed by atoms with Gasteiger partial charge in [-0.15, -0.1) is 21.5 Å². The van der Waals surface area contributed by atoms with E-state index in [4.69, 9.17) is 0 Å². The molecule has 0 aliphatic carbocycles. The van der Waals surface area contributed by atoms with Crippen LogP contribution in [0.4, 0.5) is 4.39 Å². The predicted octanol–water partition coefficient (Wildman–Crippen LogP) is 5.43. The van der Waals surface area contributed by atoms with Gasteiger partial charge in [0, 0.05) is 16.5 Å². The van der Waals surface area contributed by atoms with Crippen molar-refractivity contribution in [2.75, 3.05) is 0 Å². The molecule has 5 rings (SSSR count). The summed E-state index contributed by atoms with van der Waals surface area (Å²) in [7, 11) is 0. The molecule has 0 fully saturated rings. The Bertz CT molecular complexity index is 1300. The third-order valence-corrected chi connectivity index (χ3v) is 5.79. The summed E-state index contributed by atoms with van der Waals surface area (Å²) in [6.45, 7) is 4.23. The highest BCUT2D eigenvalue weighted by Gasteiger charge is 2.17. The SMILES string of the molecule is Cc1ccc(-c2csc3ncn4c(-c5ccc(F)cc5)nnc4c23)cc1C. The van der Waals surface area contributed by atoms with Crippen molar-refractivity contribution in [3.05, 3.63) is 71.1 Å². The van der Waals surface area contributed by atoms with E-state index in [0.29, 0.717) is 5.82 Å². The number of aromatic nitrogens is 4. The minimum absolute atomic E-state index is 0.275. The highest BCUT2D eigenvalue weighted by Crippen LogP contribution is 2.36. The van der Waals surface area contributed by atoms with Gasteiger partial charge in [0.2, 0.25) is 0 Å². The molecule has 5 aromatic rings. The first-order chi connectivity index (χ1) is 13.1. The molecule has 0 aliphatic heterocycles. The molecule has 3 heterocycles. The van der Waals surface area contributed by atoms with Gasteiger partial charge in [0.15, 0.2) is 11.5 Å². The summed E-state index contributed by atoms with van der Waals surface area (Å²) in [4.78, 5) is 5.52. The number of nitrogens with zero attached hydrogens (tertiary/aromatic N) is 4. The fourth-order valence-electron chi connectivity index (χ4n) is 3.26. The van der Waals surface area contributed by atoms with Crippen LogP contribution in [-0.2, 0) is 0 Å². The highest BCUT2D eigenvalue weighted by molar-refractivity contribution is 7.17.